The average molecular weight is 295 g/mol. The molecule has 0 aromatic carbocycles. The molecule has 0 saturated carbocycles. The smallest absolute Gasteiger partial charge is 0.224 e. The molecule has 0 spiro atoms. The van der Waals surface area contributed by atoms with E-state index in [0.29, 0.717) is 19.5 Å². The number of halogens is 2. The fraction of sp³-hybridized carbons (Fsp3) is 0.636. The lowest BCUT2D eigenvalue weighted by Crippen LogP contribution is -2.45. The third kappa shape index (κ3) is 4.84. The molecule has 18 heavy (non-hydrogen) atoms. The largest absolute Gasteiger partial charge is 0.341 e. The molecule has 1 atom stereocenters. The van der Waals surface area contributed by atoms with Crippen LogP contribution in [-0.2, 0) is 11.3 Å². The van der Waals surface area contributed by atoms with Crippen LogP contribution in [0.15, 0.2) is 18.5 Å². The van der Waals surface area contributed by atoms with Crippen LogP contribution in [0.5, 0.6) is 0 Å². The Hall–Kier alpha value is -0.780. The van der Waals surface area contributed by atoms with Crippen molar-refractivity contribution in [1.82, 2.24) is 14.7 Å². The van der Waals surface area contributed by atoms with E-state index in [9.17, 15) is 4.79 Å². The number of hydrogen-bond donors (Lipinski definition) is 1. The minimum absolute atomic E-state index is 0. The van der Waals surface area contributed by atoms with Crippen molar-refractivity contribution in [3.05, 3.63) is 18.5 Å². The van der Waals surface area contributed by atoms with Gasteiger partial charge in [0.25, 0.3) is 0 Å². The van der Waals surface area contributed by atoms with E-state index in [1.165, 1.54) is 0 Å². The predicted molar refractivity (Wildman–Crippen MR) is 75.1 cm³/mol. The van der Waals surface area contributed by atoms with Gasteiger partial charge in [-0.2, -0.15) is 5.10 Å². The van der Waals surface area contributed by atoms with Crippen molar-refractivity contribution < 1.29 is 4.79 Å². The third-order valence-electron chi connectivity index (χ3n) is 2.92. The Morgan fingerprint density at radius 1 is 1.44 bits per heavy atom. The molecule has 7 heteroatoms. The summed E-state index contributed by atoms with van der Waals surface area (Å²) in [5.41, 5.74) is 5.84. The molecule has 0 aliphatic carbocycles. The summed E-state index contributed by atoms with van der Waals surface area (Å²) in [6, 6.07) is 2.02. The first kappa shape index (κ1) is 17.2. The molecule has 1 unspecified atom stereocenters. The molecule has 0 bridgehead atoms. The highest BCUT2D eigenvalue weighted by molar-refractivity contribution is 5.85. The number of nitrogens with zero attached hydrogens (tertiary/aromatic N) is 3. The van der Waals surface area contributed by atoms with Crippen LogP contribution in [0.1, 0.15) is 19.3 Å². The number of likely N-dealkylation sites (tertiary alicyclic amines) is 1. The maximum Gasteiger partial charge on any atom is 0.224 e. The molecule has 1 fully saturated rings. The van der Waals surface area contributed by atoms with Crippen molar-refractivity contribution in [2.45, 2.75) is 31.8 Å². The minimum atomic E-state index is 0. The lowest BCUT2D eigenvalue weighted by molar-refractivity contribution is -0.132. The standard InChI is InChI=1S/C11H18N4O.2ClH/c12-10-3-1-6-14(9-10)11(16)4-8-15-7-2-5-13-15;;/h2,5,7,10H,1,3-4,6,8-9,12H2;2*1H. The second-order valence-electron chi connectivity index (χ2n) is 4.26. The van der Waals surface area contributed by atoms with Gasteiger partial charge >= 0.3 is 0 Å². The number of piperidine rings is 1. The highest BCUT2D eigenvalue weighted by Crippen LogP contribution is 2.09. The molecule has 1 amide bonds. The third-order valence-corrected chi connectivity index (χ3v) is 2.92. The van der Waals surface area contributed by atoms with E-state index in [-0.39, 0.29) is 36.8 Å². The summed E-state index contributed by atoms with van der Waals surface area (Å²) in [5, 5.41) is 4.07. The van der Waals surface area contributed by atoms with Crippen LogP contribution >= 0.6 is 24.8 Å². The zero-order valence-corrected chi connectivity index (χ0v) is 11.8. The van der Waals surface area contributed by atoms with Crippen LogP contribution in [-0.4, -0.2) is 39.7 Å². The Labute approximate surface area is 120 Å². The fourth-order valence-corrected chi connectivity index (χ4v) is 2.04. The molecule has 2 heterocycles. The first-order chi connectivity index (χ1) is 7.75. The molecule has 2 rings (SSSR count). The van der Waals surface area contributed by atoms with Crippen LogP contribution in [0.2, 0.25) is 0 Å². The normalized spacial score (nSPS) is 18.7. The molecule has 1 aliphatic rings. The molecular formula is C11H20Cl2N4O. The van der Waals surface area contributed by atoms with Crippen LogP contribution in [0.25, 0.3) is 0 Å². The van der Waals surface area contributed by atoms with Crippen LogP contribution in [0, 0.1) is 0 Å². The Balaban J connectivity index is 0.00000144. The molecule has 0 radical (unpaired) electrons. The van der Waals surface area contributed by atoms with Gasteiger partial charge in [-0.25, -0.2) is 0 Å². The number of carbonyl (C=O) groups is 1. The van der Waals surface area contributed by atoms with Gasteiger partial charge < -0.3 is 10.6 Å². The summed E-state index contributed by atoms with van der Waals surface area (Å²) in [7, 11) is 0. The van der Waals surface area contributed by atoms with E-state index in [2.05, 4.69) is 5.10 Å². The minimum Gasteiger partial charge on any atom is -0.341 e. The van der Waals surface area contributed by atoms with Crippen LogP contribution < -0.4 is 5.73 Å². The summed E-state index contributed by atoms with van der Waals surface area (Å²) >= 11 is 0. The summed E-state index contributed by atoms with van der Waals surface area (Å²) in [4.78, 5) is 13.7. The van der Waals surface area contributed by atoms with E-state index in [4.69, 9.17) is 5.73 Å². The van der Waals surface area contributed by atoms with E-state index in [1.54, 1.807) is 10.9 Å². The molecule has 1 aliphatic heterocycles. The maximum absolute atomic E-state index is 11.9. The topological polar surface area (TPSA) is 64.2 Å². The molecule has 2 N–H and O–H groups in total. The van der Waals surface area contributed by atoms with E-state index >= 15 is 0 Å². The van der Waals surface area contributed by atoms with E-state index < -0.39 is 0 Å². The quantitative estimate of drug-likeness (QED) is 0.907. The van der Waals surface area contributed by atoms with Crippen molar-refractivity contribution in [3.63, 3.8) is 0 Å². The van der Waals surface area contributed by atoms with Crippen molar-refractivity contribution in [3.8, 4) is 0 Å². The van der Waals surface area contributed by atoms with Crippen LogP contribution in [0.4, 0.5) is 0 Å². The first-order valence-electron chi connectivity index (χ1n) is 5.76. The lowest BCUT2D eigenvalue weighted by Gasteiger charge is -2.30. The number of hydrogen-bond acceptors (Lipinski definition) is 3. The van der Waals surface area contributed by atoms with Gasteiger partial charge in [0.15, 0.2) is 0 Å². The van der Waals surface area contributed by atoms with Gasteiger partial charge in [0.2, 0.25) is 5.91 Å². The number of amides is 1. The van der Waals surface area contributed by atoms with Crippen molar-refractivity contribution in [2.24, 2.45) is 5.73 Å². The van der Waals surface area contributed by atoms with Crippen molar-refractivity contribution >= 4 is 30.7 Å². The van der Waals surface area contributed by atoms with Crippen LogP contribution in [0.3, 0.4) is 0 Å². The second-order valence-corrected chi connectivity index (χ2v) is 4.26. The summed E-state index contributed by atoms with van der Waals surface area (Å²) in [6.45, 7) is 2.21. The van der Waals surface area contributed by atoms with Gasteiger partial charge in [0.1, 0.15) is 0 Å². The number of aryl methyl sites for hydroxylation is 1. The molecule has 1 aromatic rings. The van der Waals surface area contributed by atoms with Gasteiger partial charge in [0.05, 0.1) is 0 Å². The predicted octanol–water partition coefficient (Wildman–Crippen LogP) is 1.07. The zero-order valence-electron chi connectivity index (χ0n) is 10.2. The molecule has 1 aromatic heterocycles. The molecule has 104 valence electrons. The second kappa shape index (κ2) is 8.34. The summed E-state index contributed by atoms with van der Waals surface area (Å²) in [6.07, 6.45) is 6.16. The van der Waals surface area contributed by atoms with Gasteiger partial charge in [-0.1, -0.05) is 0 Å². The van der Waals surface area contributed by atoms with Gasteiger partial charge in [-0.05, 0) is 18.9 Å². The monoisotopic (exact) mass is 294 g/mol. The Morgan fingerprint density at radius 2 is 2.22 bits per heavy atom. The maximum atomic E-state index is 11.9. The Morgan fingerprint density at radius 3 is 2.83 bits per heavy atom. The average Bonchev–Trinajstić information content (AvgIpc) is 2.78. The van der Waals surface area contributed by atoms with E-state index in [0.717, 1.165) is 19.4 Å². The van der Waals surface area contributed by atoms with Gasteiger partial charge in [0, 0.05) is 44.5 Å². The SMILES string of the molecule is Cl.Cl.NC1CCCN(C(=O)CCn2cccn2)C1. The number of nitrogens with two attached hydrogens (primary N) is 1. The Kier molecular flexibility index (Phi) is 7.98. The zero-order chi connectivity index (χ0) is 11.4. The molecular weight excluding hydrogens is 275 g/mol. The first-order valence-corrected chi connectivity index (χ1v) is 5.76. The Bertz CT molecular complexity index is 345. The number of aromatic nitrogens is 2. The highest BCUT2D eigenvalue weighted by Gasteiger charge is 2.20. The molecule has 5 nitrogen and oxygen atoms in total. The van der Waals surface area contributed by atoms with E-state index in [1.807, 2.05) is 17.2 Å². The molecule has 1 saturated heterocycles. The van der Waals surface area contributed by atoms with Crippen molar-refractivity contribution in [1.29, 1.82) is 0 Å². The highest BCUT2D eigenvalue weighted by atomic mass is 35.5. The summed E-state index contributed by atoms with van der Waals surface area (Å²) in [5.74, 6) is 0.186. The lowest BCUT2D eigenvalue weighted by atomic mass is 10.1. The van der Waals surface area contributed by atoms with Gasteiger partial charge in [-0.15, -0.1) is 24.8 Å². The van der Waals surface area contributed by atoms with Crippen molar-refractivity contribution in [2.75, 3.05) is 13.1 Å². The number of carbonyl (C=O) groups excluding carboxylic acids is 1. The summed E-state index contributed by atoms with van der Waals surface area (Å²) < 4.78 is 1.78. The van der Waals surface area contributed by atoms with Gasteiger partial charge in [-0.3, -0.25) is 9.48 Å². The fourth-order valence-electron chi connectivity index (χ4n) is 2.04. The number of rotatable bonds is 3.